The van der Waals surface area contributed by atoms with Crippen molar-refractivity contribution in [2.45, 2.75) is 40.2 Å². The van der Waals surface area contributed by atoms with Crippen LogP contribution in [-0.4, -0.2) is 40.6 Å². The van der Waals surface area contributed by atoms with Crippen molar-refractivity contribution in [1.29, 1.82) is 0 Å². The van der Waals surface area contributed by atoms with E-state index in [1.165, 1.54) is 0 Å². The molecule has 0 saturated carbocycles. The first kappa shape index (κ1) is 17.2. The number of amides is 1. The van der Waals surface area contributed by atoms with E-state index in [1.54, 1.807) is 23.4 Å². The van der Waals surface area contributed by atoms with Crippen molar-refractivity contribution in [2.75, 3.05) is 13.7 Å². The zero-order valence-electron chi connectivity index (χ0n) is 13.5. The zero-order chi connectivity index (χ0) is 16.0. The Labute approximate surface area is 127 Å². The Balaban J connectivity index is 3.06. The van der Waals surface area contributed by atoms with Gasteiger partial charge in [-0.25, -0.2) is 0 Å². The highest BCUT2D eigenvalue weighted by Crippen LogP contribution is 2.24. The second-order valence-corrected chi connectivity index (χ2v) is 6.15. The van der Waals surface area contributed by atoms with E-state index in [1.807, 2.05) is 14.0 Å². The average molecular weight is 288 g/mol. The normalized spacial score (nSPS) is 12.3. The maximum Gasteiger partial charge on any atom is 0.255 e. The van der Waals surface area contributed by atoms with Gasteiger partial charge in [0.25, 0.3) is 5.91 Å². The monoisotopic (exact) mass is 288 g/mol. The van der Waals surface area contributed by atoms with Gasteiger partial charge >= 0.3 is 0 Å². The first-order valence-corrected chi connectivity index (χ1v) is 7.10. The molecule has 0 aliphatic carbocycles. The summed E-state index contributed by atoms with van der Waals surface area (Å²) in [5.41, 5.74) is 1.15. The van der Waals surface area contributed by atoms with Crippen molar-refractivity contribution in [2.24, 2.45) is 5.41 Å². The van der Waals surface area contributed by atoms with E-state index in [2.05, 4.69) is 37.6 Å². The molecule has 0 spiro atoms. The van der Waals surface area contributed by atoms with Crippen molar-refractivity contribution >= 4 is 5.91 Å². The Morgan fingerprint density at radius 1 is 1.48 bits per heavy atom. The predicted molar refractivity (Wildman–Crippen MR) is 83.8 cm³/mol. The van der Waals surface area contributed by atoms with Gasteiger partial charge in [0.05, 0.1) is 17.7 Å². The minimum absolute atomic E-state index is 0.000169. The van der Waals surface area contributed by atoms with Crippen LogP contribution in [0.2, 0.25) is 0 Å². The Hall–Kier alpha value is -1.86. The maximum atomic E-state index is 12.7. The van der Waals surface area contributed by atoms with Gasteiger partial charge in [0.1, 0.15) is 0 Å². The van der Waals surface area contributed by atoms with Crippen LogP contribution in [0.25, 0.3) is 0 Å². The van der Waals surface area contributed by atoms with Gasteiger partial charge in [-0.05, 0) is 18.4 Å². The van der Waals surface area contributed by atoms with Gasteiger partial charge in [0.15, 0.2) is 0 Å². The molecule has 114 valence electrons. The van der Waals surface area contributed by atoms with Crippen LogP contribution < -0.4 is 0 Å². The number of pyridine rings is 1. The first-order valence-electron chi connectivity index (χ1n) is 7.10. The number of carbonyl (C=O) groups excluding carboxylic acids is 1. The quantitative estimate of drug-likeness (QED) is 0.868. The second kappa shape index (κ2) is 7.24. The maximum absolute atomic E-state index is 12.7. The topological polar surface area (TPSA) is 53.4 Å². The van der Waals surface area contributed by atoms with Crippen LogP contribution in [0.1, 0.15) is 50.0 Å². The molecule has 0 bridgehead atoms. The molecule has 1 unspecified atom stereocenters. The smallest absolute Gasteiger partial charge is 0.255 e. The van der Waals surface area contributed by atoms with Crippen LogP contribution in [0.15, 0.2) is 18.5 Å². The van der Waals surface area contributed by atoms with Gasteiger partial charge in [0.2, 0.25) is 0 Å². The Bertz CT molecular complexity index is 550. The number of aliphatic hydroxyl groups is 1. The molecule has 1 aromatic rings. The van der Waals surface area contributed by atoms with E-state index >= 15 is 0 Å². The van der Waals surface area contributed by atoms with E-state index in [4.69, 9.17) is 5.11 Å². The third-order valence-corrected chi connectivity index (χ3v) is 3.67. The number of hydrogen-bond acceptors (Lipinski definition) is 3. The van der Waals surface area contributed by atoms with E-state index in [9.17, 15) is 4.79 Å². The molecule has 0 aromatic carbocycles. The molecule has 4 heteroatoms. The van der Waals surface area contributed by atoms with Crippen LogP contribution >= 0.6 is 0 Å². The van der Waals surface area contributed by atoms with E-state index in [-0.39, 0.29) is 24.0 Å². The molecular weight excluding hydrogens is 264 g/mol. The highest BCUT2D eigenvalue weighted by molar-refractivity contribution is 5.96. The largest absolute Gasteiger partial charge is 0.395 e. The summed E-state index contributed by atoms with van der Waals surface area (Å²) >= 11 is 0. The summed E-state index contributed by atoms with van der Waals surface area (Å²) in [6.07, 6.45) is 3.57. The SMILES string of the molecule is CC(N(C)C(=O)c1ccncc1C#CCCO)C(C)(C)C. The van der Waals surface area contributed by atoms with Crippen LogP contribution in [0, 0.1) is 17.3 Å². The summed E-state index contributed by atoms with van der Waals surface area (Å²) in [6, 6.07) is 1.79. The summed E-state index contributed by atoms with van der Waals surface area (Å²) in [7, 11) is 1.81. The van der Waals surface area contributed by atoms with Crippen molar-refractivity contribution in [3.8, 4) is 11.8 Å². The minimum atomic E-state index is -0.0619. The third-order valence-electron chi connectivity index (χ3n) is 3.67. The molecule has 21 heavy (non-hydrogen) atoms. The van der Waals surface area contributed by atoms with Gasteiger partial charge in [-0.15, -0.1) is 0 Å². The Kier molecular flexibility index (Phi) is 5.92. The molecule has 0 aliphatic heterocycles. The van der Waals surface area contributed by atoms with Crippen molar-refractivity contribution in [3.63, 3.8) is 0 Å². The van der Waals surface area contributed by atoms with Gasteiger partial charge in [0, 0.05) is 31.9 Å². The summed E-state index contributed by atoms with van der Waals surface area (Å²) < 4.78 is 0. The lowest BCUT2D eigenvalue weighted by Gasteiger charge is -2.35. The van der Waals surface area contributed by atoms with Gasteiger partial charge in [-0.2, -0.15) is 0 Å². The summed E-state index contributed by atoms with van der Waals surface area (Å²) in [6.45, 7) is 8.37. The first-order chi connectivity index (χ1) is 9.79. The summed E-state index contributed by atoms with van der Waals surface area (Å²) in [5.74, 6) is 5.68. The fourth-order valence-electron chi connectivity index (χ4n) is 1.84. The fourth-order valence-corrected chi connectivity index (χ4v) is 1.84. The average Bonchev–Trinajstić information content (AvgIpc) is 2.45. The highest BCUT2D eigenvalue weighted by Gasteiger charge is 2.28. The summed E-state index contributed by atoms with van der Waals surface area (Å²) in [4.78, 5) is 18.4. The number of carbonyl (C=O) groups is 1. The Morgan fingerprint density at radius 2 is 2.14 bits per heavy atom. The molecule has 1 rings (SSSR count). The van der Waals surface area contributed by atoms with Crippen LogP contribution in [0.5, 0.6) is 0 Å². The lowest BCUT2D eigenvalue weighted by molar-refractivity contribution is 0.0629. The van der Waals surface area contributed by atoms with Crippen molar-refractivity contribution in [1.82, 2.24) is 9.88 Å². The predicted octanol–water partition coefficient (Wildman–Crippen LogP) is 2.32. The van der Waals surface area contributed by atoms with E-state index < -0.39 is 0 Å². The number of aliphatic hydroxyl groups excluding tert-OH is 1. The van der Waals surface area contributed by atoms with E-state index in [0.717, 1.165) is 0 Å². The molecule has 1 atom stereocenters. The third kappa shape index (κ3) is 4.57. The van der Waals surface area contributed by atoms with Crippen molar-refractivity contribution in [3.05, 3.63) is 29.6 Å². The lowest BCUT2D eigenvalue weighted by atomic mass is 9.87. The fraction of sp³-hybridized carbons (Fsp3) is 0.529. The van der Waals surface area contributed by atoms with Gasteiger partial charge in [-0.3, -0.25) is 9.78 Å². The van der Waals surface area contributed by atoms with Crippen LogP contribution in [0.4, 0.5) is 0 Å². The minimum Gasteiger partial charge on any atom is -0.395 e. The second-order valence-electron chi connectivity index (χ2n) is 6.15. The Morgan fingerprint density at radius 3 is 2.71 bits per heavy atom. The molecule has 0 fully saturated rings. The molecule has 4 nitrogen and oxygen atoms in total. The van der Waals surface area contributed by atoms with E-state index in [0.29, 0.717) is 17.5 Å². The highest BCUT2D eigenvalue weighted by atomic mass is 16.2. The number of aromatic nitrogens is 1. The van der Waals surface area contributed by atoms with Gasteiger partial charge < -0.3 is 10.0 Å². The van der Waals surface area contributed by atoms with Gasteiger partial charge in [-0.1, -0.05) is 32.6 Å². The molecule has 1 heterocycles. The number of nitrogens with zero attached hydrogens (tertiary/aromatic N) is 2. The standard InChI is InChI=1S/C17H24N2O2/c1-13(17(2,3)4)19(5)16(21)15-9-10-18-12-14(15)8-6-7-11-20/h9-10,12-13,20H,7,11H2,1-5H3. The van der Waals surface area contributed by atoms with Crippen LogP contribution in [-0.2, 0) is 0 Å². The molecule has 1 N–H and O–H groups in total. The summed E-state index contributed by atoms with van der Waals surface area (Å²) in [5, 5.41) is 8.78. The molecule has 1 aromatic heterocycles. The van der Waals surface area contributed by atoms with Crippen molar-refractivity contribution < 1.29 is 9.90 Å². The molecule has 0 saturated heterocycles. The molecular formula is C17H24N2O2. The lowest BCUT2D eigenvalue weighted by Crippen LogP contribution is -2.43. The molecule has 0 radical (unpaired) electrons. The molecule has 1 amide bonds. The number of hydrogen-bond donors (Lipinski definition) is 1. The van der Waals surface area contributed by atoms with Crippen LogP contribution in [0.3, 0.4) is 0 Å². The molecule has 0 aliphatic rings. The number of rotatable bonds is 3. The zero-order valence-corrected chi connectivity index (χ0v) is 13.5.